The van der Waals surface area contributed by atoms with Crippen molar-refractivity contribution in [2.24, 2.45) is 0 Å². The maximum Gasteiger partial charge on any atom is 0.0991 e. The first kappa shape index (κ1) is 15.0. The molecule has 0 spiro atoms. The Hall–Kier alpha value is -3.31. The zero-order valence-electron chi connectivity index (χ0n) is 14.2. The molecule has 4 aromatic rings. The van der Waals surface area contributed by atoms with E-state index in [1.54, 1.807) is 12.5 Å². The minimum Gasteiger partial charge on any atom is -0.472 e. The lowest BCUT2D eigenvalue weighted by Crippen LogP contribution is -1.89. The lowest BCUT2D eigenvalue weighted by atomic mass is 9.93. The average molecular weight is 335 g/mol. The van der Waals surface area contributed by atoms with Gasteiger partial charge in [0.25, 0.3) is 0 Å². The summed E-state index contributed by atoms with van der Waals surface area (Å²) in [5, 5.41) is 11.5. The zero-order valence-corrected chi connectivity index (χ0v) is 14.2. The molecule has 0 radical (unpaired) electrons. The third-order valence-electron chi connectivity index (χ3n) is 5.38. The topological polar surface area (TPSA) is 36.9 Å². The molecular formula is C24H17NO. The molecule has 3 aromatic carbocycles. The van der Waals surface area contributed by atoms with Gasteiger partial charge < -0.3 is 4.42 Å². The van der Waals surface area contributed by atoms with E-state index in [9.17, 15) is 5.26 Å². The van der Waals surface area contributed by atoms with Gasteiger partial charge in [-0.2, -0.15) is 5.26 Å². The molecule has 2 nitrogen and oxygen atoms in total. The summed E-state index contributed by atoms with van der Waals surface area (Å²) < 4.78 is 5.32. The Kier molecular flexibility index (Phi) is 3.40. The molecule has 0 N–H and O–H groups in total. The number of hydrogen-bond acceptors (Lipinski definition) is 2. The summed E-state index contributed by atoms with van der Waals surface area (Å²) in [5.74, 6) is 1.16. The van der Waals surface area contributed by atoms with Gasteiger partial charge in [-0.05, 0) is 63.9 Å². The van der Waals surface area contributed by atoms with Crippen molar-refractivity contribution >= 4 is 10.8 Å². The number of rotatable bonds is 3. The molecule has 5 rings (SSSR count). The first-order valence-corrected chi connectivity index (χ1v) is 8.89. The molecule has 1 aliphatic rings. The van der Waals surface area contributed by atoms with Crippen molar-refractivity contribution < 1.29 is 4.42 Å². The van der Waals surface area contributed by atoms with Crippen molar-refractivity contribution in [1.29, 1.82) is 5.26 Å². The van der Waals surface area contributed by atoms with Crippen molar-refractivity contribution in [3.8, 4) is 17.2 Å². The molecule has 1 fully saturated rings. The summed E-state index contributed by atoms with van der Waals surface area (Å²) in [6.45, 7) is 0. The summed E-state index contributed by atoms with van der Waals surface area (Å²) in [4.78, 5) is 0. The van der Waals surface area contributed by atoms with Gasteiger partial charge in [0.15, 0.2) is 0 Å². The van der Waals surface area contributed by atoms with Gasteiger partial charge in [0.1, 0.15) is 0 Å². The molecule has 0 aliphatic heterocycles. The Morgan fingerprint density at radius 2 is 1.73 bits per heavy atom. The van der Waals surface area contributed by atoms with E-state index in [4.69, 9.17) is 4.42 Å². The molecule has 1 aliphatic carbocycles. The number of benzene rings is 3. The van der Waals surface area contributed by atoms with Crippen molar-refractivity contribution in [1.82, 2.24) is 0 Å². The van der Waals surface area contributed by atoms with Crippen LogP contribution in [-0.2, 0) is 0 Å². The van der Waals surface area contributed by atoms with Gasteiger partial charge in [0.2, 0.25) is 0 Å². The molecule has 2 unspecified atom stereocenters. The Bertz CT molecular complexity index is 1120. The van der Waals surface area contributed by atoms with Crippen LogP contribution in [0.1, 0.15) is 34.9 Å². The highest BCUT2D eigenvalue weighted by atomic mass is 16.3. The summed E-state index contributed by atoms with van der Waals surface area (Å²) in [6.07, 6.45) is 4.67. The lowest BCUT2D eigenvalue weighted by Gasteiger charge is -2.10. The fraction of sp³-hybridized carbons (Fsp3) is 0.125. The highest BCUT2D eigenvalue weighted by Gasteiger charge is 2.39. The van der Waals surface area contributed by atoms with Crippen LogP contribution in [0.25, 0.3) is 21.9 Å². The summed E-state index contributed by atoms with van der Waals surface area (Å²) in [7, 11) is 0. The van der Waals surface area contributed by atoms with Gasteiger partial charge in [-0.25, -0.2) is 0 Å². The van der Waals surface area contributed by atoms with Crippen molar-refractivity contribution in [3.63, 3.8) is 0 Å². The standard InChI is InChI=1S/C24H17NO/c25-14-16-6-7-18-11-20(24-13-23(24)17-4-2-1-3-5-17)12-22(21(18)10-16)19-8-9-26-15-19/h1-12,15,23-24H,13H2. The van der Waals surface area contributed by atoms with E-state index in [1.165, 1.54) is 22.9 Å². The Labute approximate surface area is 152 Å². The van der Waals surface area contributed by atoms with E-state index in [0.29, 0.717) is 17.4 Å². The predicted octanol–water partition coefficient (Wildman–Crippen LogP) is 6.24. The van der Waals surface area contributed by atoms with Crippen LogP contribution in [0.4, 0.5) is 0 Å². The fourth-order valence-electron chi connectivity index (χ4n) is 3.95. The molecule has 0 amide bonds. The van der Waals surface area contributed by atoms with E-state index in [0.717, 1.165) is 16.5 Å². The van der Waals surface area contributed by atoms with Gasteiger partial charge in [0.05, 0.1) is 24.2 Å². The Balaban J connectivity index is 1.63. The summed E-state index contributed by atoms with van der Waals surface area (Å²) in [6, 6.07) is 25.5. The third-order valence-corrected chi connectivity index (χ3v) is 5.38. The number of nitrogens with zero attached hydrogens (tertiary/aromatic N) is 1. The molecule has 1 aromatic heterocycles. The minimum absolute atomic E-state index is 0.558. The van der Waals surface area contributed by atoms with Crippen LogP contribution in [0.5, 0.6) is 0 Å². The Morgan fingerprint density at radius 1 is 0.885 bits per heavy atom. The second kappa shape index (κ2) is 5.89. The highest BCUT2D eigenvalue weighted by molar-refractivity contribution is 5.98. The molecule has 1 saturated carbocycles. The van der Waals surface area contributed by atoms with Crippen LogP contribution in [0.3, 0.4) is 0 Å². The molecular weight excluding hydrogens is 318 g/mol. The van der Waals surface area contributed by atoms with Crippen molar-refractivity contribution in [2.45, 2.75) is 18.3 Å². The molecule has 2 heteroatoms. The summed E-state index contributed by atoms with van der Waals surface area (Å²) >= 11 is 0. The SMILES string of the molecule is N#Cc1ccc2cc(C3CC3c3ccccc3)cc(-c3ccoc3)c2c1. The van der Waals surface area contributed by atoms with Crippen LogP contribution < -0.4 is 0 Å². The maximum atomic E-state index is 9.26. The first-order chi connectivity index (χ1) is 12.8. The average Bonchev–Trinajstić information content (AvgIpc) is 3.32. The number of nitriles is 1. The minimum atomic E-state index is 0.558. The normalized spacial score (nSPS) is 18.6. The van der Waals surface area contributed by atoms with Gasteiger partial charge in [-0.3, -0.25) is 0 Å². The number of fused-ring (bicyclic) bond motifs is 1. The number of furan rings is 1. The van der Waals surface area contributed by atoms with E-state index in [2.05, 4.69) is 54.6 Å². The maximum absolute atomic E-state index is 9.26. The second-order valence-electron chi connectivity index (χ2n) is 6.99. The fourth-order valence-corrected chi connectivity index (χ4v) is 3.95. The number of hydrogen-bond donors (Lipinski definition) is 0. The Morgan fingerprint density at radius 3 is 2.50 bits per heavy atom. The van der Waals surface area contributed by atoms with Gasteiger partial charge >= 0.3 is 0 Å². The van der Waals surface area contributed by atoms with Gasteiger partial charge in [-0.15, -0.1) is 0 Å². The quantitative estimate of drug-likeness (QED) is 0.444. The van der Waals surface area contributed by atoms with Crippen molar-refractivity contribution in [2.75, 3.05) is 0 Å². The zero-order chi connectivity index (χ0) is 17.5. The van der Waals surface area contributed by atoms with Crippen LogP contribution in [-0.4, -0.2) is 0 Å². The molecule has 1 heterocycles. The van der Waals surface area contributed by atoms with Crippen LogP contribution >= 0.6 is 0 Å². The van der Waals surface area contributed by atoms with Gasteiger partial charge in [-0.1, -0.05) is 48.5 Å². The van der Waals surface area contributed by atoms with Crippen LogP contribution in [0.15, 0.2) is 83.7 Å². The van der Waals surface area contributed by atoms with E-state index in [1.807, 2.05) is 18.2 Å². The summed E-state index contributed by atoms with van der Waals surface area (Å²) in [5.41, 5.74) is 5.67. The second-order valence-corrected chi connectivity index (χ2v) is 6.99. The predicted molar refractivity (Wildman–Crippen MR) is 103 cm³/mol. The smallest absolute Gasteiger partial charge is 0.0991 e. The first-order valence-electron chi connectivity index (χ1n) is 8.89. The van der Waals surface area contributed by atoms with E-state index in [-0.39, 0.29) is 0 Å². The third kappa shape index (κ3) is 2.50. The molecule has 0 bridgehead atoms. The largest absolute Gasteiger partial charge is 0.472 e. The molecule has 124 valence electrons. The van der Waals surface area contributed by atoms with E-state index < -0.39 is 0 Å². The molecule has 26 heavy (non-hydrogen) atoms. The highest BCUT2D eigenvalue weighted by Crippen LogP contribution is 2.55. The lowest BCUT2D eigenvalue weighted by molar-refractivity contribution is 0.568. The molecule has 0 saturated heterocycles. The van der Waals surface area contributed by atoms with Crippen molar-refractivity contribution in [3.05, 3.63) is 95.9 Å². The molecule has 2 atom stereocenters. The van der Waals surface area contributed by atoms with Crippen LogP contribution in [0, 0.1) is 11.3 Å². The van der Waals surface area contributed by atoms with E-state index >= 15 is 0 Å². The van der Waals surface area contributed by atoms with Crippen LogP contribution in [0.2, 0.25) is 0 Å². The van der Waals surface area contributed by atoms with Gasteiger partial charge in [0, 0.05) is 5.56 Å². The monoisotopic (exact) mass is 335 g/mol.